The van der Waals surface area contributed by atoms with Crippen LogP contribution in [0.15, 0.2) is 35.3 Å². The number of guanidine groups is 1. The summed E-state index contributed by atoms with van der Waals surface area (Å²) in [6.07, 6.45) is 3.98. The number of rotatable bonds is 7. The number of hydrogen-bond acceptors (Lipinski definition) is 5. The summed E-state index contributed by atoms with van der Waals surface area (Å²) in [5, 5.41) is 9.54. The van der Waals surface area contributed by atoms with Crippen molar-refractivity contribution in [2.75, 3.05) is 0 Å². The third kappa shape index (κ3) is 4.45. The van der Waals surface area contributed by atoms with Gasteiger partial charge in [0.25, 0.3) is 0 Å². The van der Waals surface area contributed by atoms with Crippen LogP contribution < -0.4 is 21.7 Å². The molecule has 1 saturated carbocycles. The molecule has 1 aliphatic carbocycles. The van der Waals surface area contributed by atoms with Crippen LogP contribution >= 0.6 is 0 Å². The van der Waals surface area contributed by atoms with Gasteiger partial charge in [-0.3, -0.25) is 10.6 Å². The van der Waals surface area contributed by atoms with Gasteiger partial charge in [0, 0.05) is 6.04 Å². The fourth-order valence-electron chi connectivity index (χ4n) is 3.38. The Morgan fingerprint density at radius 2 is 2.08 bits per heavy atom. The smallest absolute Gasteiger partial charge is 0.192 e. The summed E-state index contributed by atoms with van der Waals surface area (Å²) in [4.78, 5) is 4.34. The van der Waals surface area contributed by atoms with E-state index in [2.05, 4.69) is 45.2 Å². The normalized spacial score (nSPS) is 26.8. The molecule has 4 atom stereocenters. The predicted molar refractivity (Wildman–Crippen MR) is 95.1 cm³/mol. The molecular formula is C18H28FN5. The number of nitrogens with one attached hydrogen (secondary N) is 3. The van der Waals surface area contributed by atoms with Gasteiger partial charge < -0.3 is 11.1 Å². The van der Waals surface area contributed by atoms with E-state index in [4.69, 9.17) is 5.73 Å². The van der Waals surface area contributed by atoms with E-state index in [0.29, 0.717) is 12.0 Å². The molecule has 6 heteroatoms. The first-order chi connectivity index (χ1) is 11.6. The Bertz CT molecular complexity index is 544. The van der Waals surface area contributed by atoms with E-state index < -0.39 is 12.3 Å². The Balaban J connectivity index is 1.60. The zero-order valence-electron chi connectivity index (χ0n) is 14.2. The minimum absolute atomic E-state index is 0.288. The number of hydrogen-bond donors (Lipinski definition) is 4. The first kappa shape index (κ1) is 17.2. The van der Waals surface area contributed by atoms with Crippen LogP contribution in [0.3, 0.4) is 0 Å². The molecule has 1 fully saturated rings. The van der Waals surface area contributed by atoms with Gasteiger partial charge in [-0.2, -0.15) is 0 Å². The van der Waals surface area contributed by atoms with Crippen LogP contribution in [0.25, 0.3) is 0 Å². The monoisotopic (exact) mass is 333 g/mol. The summed E-state index contributed by atoms with van der Waals surface area (Å²) in [6, 6.07) is 10.9. The molecule has 1 heterocycles. The van der Waals surface area contributed by atoms with Gasteiger partial charge in [-0.1, -0.05) is 36.8 Å². The zero-order chi connectivity index (χ0) is 16.9. The lowest BCUT2D eigenvalue weighted by molar-refractivity contribution is 0.168. The molecule has 2 unspecified atom stereocenters. The topological polar surface area (TPSA) is 74.5 Å². The Hall–Kier alpha value is -1.66. The van der Waals surface area contributed by atoms with E-state index in [9.17, 15) is 4.39 Å². The van der Waals surface area contributed by atoms with Crippen molar-refractivity contribution >= 4 is 5.96 Å². The van der Waals surface area contributed by atoms with E-state index in [1.807, 2.05) is 6.07 Å². The maximum Gasteiger partial charge on any atom is 0.192 e. The molecule has 1 aliphatic heterocycles. The number of aryl methyl sites for hydroxylation is 1. The van der Waals surface area contributed by atoms with Crippen LogP contribution in [0.4, 0.5) is 4.39 Å². The molecule has 2 aliphatic rings. The number of alkyl halides is 1. The van der Waals surface area contributed by atoms with Crippen LogP contribution in [-0.4, -0.2) is 30.6 Å². The van der Waals surface area contributed by atoms with Crippen molar-refractivity contribution in [1.82, 2.24) is 16.0 Å². The molecule has 24 heavy (non-hydrogen) atoms. The number of benzene rings is 1. The molecule has 0 amide bonds. The molecule has 1 aromatic carbocycles. The van der Waals surface area contributed by atoms with Crippen molar-refractivity contribution in [2.24, 2.45) is 16.6 Å². The van der Waals surface area contributed by atoms with E-state index in [-0.39, 0.29) is 12.2 Å². The molecule has 0 radical (unpaired) electrons. The highest BCUT2D eigenvalue weighted by atomic mass is 19.1. The first-order valence-electron chi connectivity index (χ1n) is 8.92. The Labute approximate surface area is 143 Å². The van der Waals surface area contributed by atoms with E-state index in [1.54, 1.807) is 0 Å². The SMILES string of the molecule is C[C@H](F)C1NC(N)=NC(N[C@H](CCc2ccccc2)C2CCC2)N1. The van der Waals surface area contributed by atoms with Gasteiger partial charge in [-0.15, -0.1) is 0 Å². The molecule has 0 aromatic heterocycles. The zero-order valence-corrected chi connectivity index (χ0v) is 14.2. The minimum Gasteiger partial charge on any atom is -0.370 e. The maximum atomic E-state index is 13.6. The van der Waals surface area contributed by atoms with Crippen LogP contribution in [0.2, 0.25) is 0 Å². The number of nitrogens with zero attached hydrogens (tertiary/aromatic N) is 1. The quantitative estimate of drug-likeness (QED) is 0.614. The van der Waals surface area contributed by atoms with E-state index >= 15 is 0 Å². The average molecular weight is 333 g/mol. The second kappa shape index (κ2) is 7.94. The summed E-state index contributed by atoms with van der Waals surface area (Å²) in [5.74, 6) is 0.958. The van der Waals surface area contributed by atoms with Gasteiger partial charge in [0.1, 0.15) is 12.3 Å². The standard InChI is InChI=1S/C18H28FN5/c1-12(19)16-22-17(20)24-18(23-16)21-15(14-8-5-9-14)11-10-13-6-3-2-4-7-13/h2-4,6-7,12,14-16,18,21,23H,5,8-11H2,1H3,(H3,20,22,24)/t12-,15+,16?,18?/m0/s1. The lowest BCUT2D eigenvalue weighted by Gasteiger charge is -2.39. The highest BCUT2D eigenvalue weighted by Crippen LogP contribution is 2.31. The van der Waals surface area contributed by atoms with E-state index in [1.165, 1.54) is 31.7 Å². The fourth-order valence-corrected chi connectivity index (χ4v) is 3.38. The molecule has 5 N–H and O–H groups in total. The van der Waals surface area contributed by atoms with Crippen LogP contribution in [-0.2, 0) is 6.42 Å². The second-order valence-electron chi connectivity index (χ2n) is 6.87. The number of nitrogens with two attached hydrogens (primary N) is 1. The molecule has 0 bridgehead atoms. The first-order valence-corrected chi connectivity index (χ1v) is 8.92. The lowest BCUT2D eigenvalue weighted by atomic mass is 9.78. The predicted octanol–water partition coefficient (Wildman–Crippen LogP) is 1.85. The van der Waals surface area contributed by atoms with Gasteiger partial charge >= 0.3 is 0 Å². The van der Waals surface area contributed by atoms with Gasteiger partial charge in [-0.05, 0) is 44.1 Å². The number of halogens is 1. The van der Waals surface area contributed by atoms with Gasteiger partial charge in [0.05, 0.1) is 0 Å². The van der Waals surface area contributed by atoms with Crippen LogP contribution in [0.1, 0.15) is 38.2 Å². The lowest BCUT2D eigenvalue weighted by Crippen LogP contribution is -2.64. The number of aliphatic imine (C=N–C) groups is 1. The van der Waals surface area contributed by atoms with Gasteiger partial charge in [0.2, 0.25) is 0 Å². The molecule has 0 saturated heterocycles. The van der Waals surface area contributed by atoms with E-state index in [0.717, 1.165) is 12.8 Å². The van der Waals surface area contributed by atoms with Crippen LogP contribution in [0.5, 0.6) is 0 Å². The minimum atomic E-state index is -1.05. The summed E-state index contributed by atoms with van der Waals surface area (Å²) in [7, 11) is 0. The van der Waals surface area contributed by atoms with Gasteiger partial charge in [-0.25, -0.2) is 9.38 Å². The Kier molecular flexibility index (Phi) is 5.68. The van der Waals surface area contributed by atoms with Crippen molar-refractivity contribution in [3.8, 4) is 0 Å². The maximum absolute atomic E-state index is 13.6. The largest absolute Gasteiger partial charge is 0.370 e. The summed E-state index contributed by atoms with van der Waals surface area (Å²) in [5.41, 5.74) is 7.16. The van der Waals surface area contributed by atoms with Crippen molar-refractivity contribution in [1.29, 1.82) is 0 Å². The van der Waals surface area contributed by atoms with Crippen molar-refractivity contribution in [2.45, 2.75) is 63.7 Å². The van der Waals surface area contributed by atoms with Crippen molar-refractivity contribution in [3.63, 3.8) is 0 Å². The summed E-state index contributed by atoms with van der Waals surface area (Å²) in [6.45, 7) is 1.51. The van der Waals surface area contributed by atoms with Crippen molar-refractivity contribution < 1.29 is 4.39 Å². The molecule has 132 valence electrons. The average Bonchev–Trinajstić information content (AvgIpc) is 2.51. The second-order valence-corrected chi connectivity index (χ2v) is 6.87. The highest BCUT2D eigenvalue weighted by molar-refractivity contribution is 5.78. The molecule has 1 aromatic rings. The molecule has 3 rings (SSSR count). The fraction of sp³-hybridized carbons (Fsp3) is 0.611. The molecular weight excluding hydrogens is 305 g/mol. The highest BCUT2D eigenvalue weighted by Gasteiger charge is 2.31. The third-order valence-corrected chi connectivity index (χ3v) is 5.05. The van der Waals surface area contributed by atoms with Gasteiger partial charge in [0.15, 0.2) is 12.2 Å². The van der Waals surface area contributed by atoms with Crippen molar-refractivity contribution in [3.05, 3.63) is 35.9 Å². The van der Waals surface area contributed by atoms with Crippen LogP contribution in [0, 0.1) is 5.92 Å². The Morgan fingerprint density at radius 1 is 1.33 bits per heavy atom. The summed E-state index contributed by atoms with van der Waals surface area (Å²) >= 11 is 0. The third-order valence-electron chi connectivity index (χ3n) is 5.05. The Morgan fingerprint density at radius 3 is 2.71 bits per heavy atom. The molecule has 0 spiro atoms. The molecule has 5 nitrogen and oxygen atoms in total. The summed E-state index contributed by atoms with van der Waals surface area (Å²) < 4.78 is 13.6.